The molecule has 1 saturated carbocycles. The summed E-state index contributed by atoms with van der Waals surface area (Å²) in [5.74, 6) is 0.534. The van der Waals surface area contributed by atoms with Crippen LogP contribution in [0.5, 0.6) is 0 Å². The zero-order valence-corrected chi connectivity index (χ0v) is 13.9. The van der Waals surface area contributed by atoms with Crippen molar-refractivity contribution in [1.82, 2.24) is 25.2 Å². The van der Waals surface area contributed by atoms with Gasteiger partial charge in [0.25, 0.3) is 5.56 Å². The molecule has 8 heteroatoms. The standard InChI is InChI=1S/C16H22N6O2/c1-17-16(24)20-12-6-4-11(5-7-12)19-15-18-9-10-3-8-13(23)22(2)14(10)21-15/h3,8-9,11-12H,4-7H2,1-2H3,(H2,17,20,24)(H,18,19,21)/t11-,12-. The van der Waals surface area contributed by atoms with Crippen molar-refractivity contribution in [3.8, 4) is 0 Å². The molecular formula is C16H22N6O2. The third kappa shape index (κ3) is 3.47. The molecule has 8 nitrogen and oxygen atoms in total. The molecule has 0 bridgehead atoms. The highest BCUT2D eigenvalue weighted by atomic mass is 16.2. The first-order valence-corrected chi connectivity index (χ1v) is 8.14. The van der Waals surface area contributed by atoms with Gasteiger partial charge in [-0.1, -0.05) is 0 Å². The fourth-order valence-electron chi connectivity index (χ4n) is 3.04. The number of carbonyl (C=O) groups is 1. The minimum atomic E-state index is -0.134. The molecule has 2 heterocycles. The van der Waals surface area contributed by atoms with E-state index in [2.05, 4.69) is 25.9 Å². The summed E-state index contributed by atoms with van der Waals surface area (Å²) in [5, 5.41) is 9.70. The third-order valence-corrected chi connectivity index (χ3v) is 4.47. The summed E-state index contributed by atoms with van der Waals surface area (Å²) in [6.07, 6.45) is 5.42. The summed E-state index contributed by atoms with van der Waals surface area (Å²) in [5.41, 5.74) is 0.530. The molecule has 3 N–H and O–H groups in total. The smallest absolute Gasteiger partial charge is 0.314 e. The molecule has 128 valence electrons. The molecular weight excluding hydrogens is 308 g/mol. The number of hydrogen-bond donors (Lipinski definition) is 3. The number of aromatic nitrogens is 3. The van der Waals surface area contributed by atoms with Crippen molar-refractivity contribution in [2.24, 2.45) is 7.05 Å². The van der Waals surface area contributed by atoms with Gasteiger partial charge < -0.3 is 16.0 Å². The Balaban J connectivity index is 1.65. The van der Waals surface area contributed by atoms with E-state index in [1.54, 1.807) is 26.4 Å². The summed E-state index contributed by atoms with van der Waals surface area (Å²) >= 11 is 0. The molecule has 1 aliphatic carbocycles. The van der Waals surface area contributed by atoms with Crippen molar-refractivity contribution in [3.63, 3.8) is 0 Å². The lowest BCUT2D eigenvalue weighted by Crippen LogP contribution is -2.43. The minimum absolute atomic E-state index is 0.0899. The van der Waals surface area contributed by atoms with Crippen molar-refractivity contribution in [3.05, 3.63) is 28.7 Å². The molecule has 2 amide bonds. The molecule has 0 saturated heterocycles. The summed E-state index contributed by atoms with van der Waals surface area (Å²) in [6, 6.07) is 3.59. The predicted octanol–water partition coefficient (Wildman–Crippen LogP) is 0.981. The van der Waals surface area contributed by atoms with E-state index < -0.39 is 0 Å². The SMILES string of the molecule is CNC(=O)N[C@H]1CC[C@H](Nc2ncc3ccc(=O)n(C)c3n2)CC1. The van der Waals surface area contributed by atoms with Gasteiger partial charge in [0.05, 0.1) is 0 Å². The molecule has 2 aromatic heterocycles. The average molecular weight is 330 g/mol. The van der Waals surface area contributed by atoms with E-state index in [9.17, 15) is 9.59 Å². The fraction of sp³-hybridized carbons (Fsp3) is 0.500. The maximum absolute atomic E-state index is 11.7. The maximum Gasteiger partial charge on any atom is 0.314 e. The Hall–Kier alpha value is -2.64. The topological polar surface area (TPSA) is 101 Å². The number of hydrogen-bond acceptors (Lipinski definition) is 5. The number of pyridine rings is 1. The monoisotopic (exact) mass is 330 g/mol. The third-order valence-electron chi connectivity index (χ3n) is 4.47. The Morgan fingerprint density at radius 3 is 2.62 bits per heavy atom. The maximum atomic E-state index is 11.7. The Morgan fingerprint density at radius 1 is 1.21 bits per heavy atom. The van der Waals surface area contributed by atoms with Crippen LogP contribution in [0.25, 0.3) is 11.0 Å². The first kappa shape index (κ1) is 16.2. The lowest BCUT2D eigenvalue weighted by atomic mass is 9.91. The Morgan fingerprint density at radius 2 is 1.92 bits per heavy atom. The Bertz CT molecular complexity index is 795. The lowest BCUT2D eigenvalue weighted by Gasteiger charge is -2.29. The van der Waals surface area contributed by atoms with E-state index in [1.165, 1.54) is 10.6 Å². The van der Waals surface area contributed by atoms with Crippen LogP contribution >= 0.6 is 0 Å². The van der Waals surface area contributed by atoms with Gasteiger partial charge in [-0.15, -0.1) is 0 Å². The summed E-state index contributed by atoms with van der Waals surface area (Å²) in [6.45, 7) is 0. The summed E-state index contributed by atoms with van der Waals surface area (Å²) in [7, 11) is 3.32. The second-order valence-corrected chi connectivity index (χ2v) is 6.12. The van der Waals surface area contributed by atoms with Gasteiger partial charge in [-0.2, -0.15) is 4.98 Å². The van der Waals surface area contributed by atoms with Crippen LogP contribution in [0.3, 0.4) is 0 Å². The fourth-order valence-corrected chi connectivity index (χ4v) is 3.04. The molecule has 24 heavy (non-hydrogen) atoms. The molecule has 2 aromatic rings. The Kier molecular flexibility index (Phi) is 4.64. The predicted molar refractivity (Wildman–Crippen MR) is 92.0 cm³/mol. The van der Waals surface area contributed by atoms with Gasteiger partial charge >= 0.3 is 6.03 Å². The van der Waals surface area contributed by atoms with Gasteiger partial charge in [-0.3, -0.25) is 9.36 Å². The second-order valence-electron chi connectivity index (χ2n) is 6.12. The van der Waals surface area contributed by atoms with E-state index in [0.717, 1.165) is 31.1 Å². The van der Waals surface area contributed by atoms with Crippen molar-refractivity contribution in [2.45, 2.75) is 37.8 Å². The highest BCUT2D eigenvalue weighted by molar-refractivity contribution is 5.75. The van der Waals surface area contributed by atoms with Crippen LogP contribution in [-0.2, 0) is 7.05 Å². The van der Waals surface area contributed by atoms with Crippen LogP contribution in [0.4, 0.5) is 10.7 Å². The van der Waals surface area contributed by atoms with Gasteiger partial charge in [-0.25, -0.2) is 9.78 Å². The van der Waals surface area contributed by atoms with Crippen molar-refractivity contribution >= 4 is 23.0 Å². The van der Waals surface area contributed by atoms with Crippen LogP contribution < -0.4 is 21.5 Å². The highest BCUT2D eigenvalue weighted by Gasteiger charge is 2.22. The first-order chi connectivity index (χ1) is 11.6. The highest BCUT2D eigenvalue weighted by Crippen LogP contribution is 2.21. The van der Waals surface area contributed by atoms with Crippen molar-refractivity contribution in [1.29, 1.82) is 0 Å². The quantitative estimate of drug-likeness (QED) is 0.779. The lowest BCUT2D eigenvalue weighted by molar-refractivity contribution is 0.234. The van der Waals surface area contributed by atoms with Crippen molar-refractivity contribution < 1.29 is 4.79 Å². The number of nitrogens with one attached hydrogen (secondary N) is 3. The van der Waals surface area contributed by atoms with E-state index in [-0.39, 0.29) is 23.7 Å². The van der Waals surface area contributed by atoms with E-state index >= 15 is 0 Å². The average Bonchev–Trinajstić information content (AvgIpc) is 2.60. The normalized spacial score (nSPS) is 20.6. The number of fused-ring (bicyclic) bond motifs is 1. The number of urea groups is 1. The largest absolute Gasteiger partial charge is 0.351 e. The van der Waals surface area contributed by atoms with Gasteiger partial charge in [0.1, 0.15) is 5.65 Å². The van der Waals surface area contributed by atoms with E-state index in [0.29, 0.717) is 11.6 Å². The van der Waals surface area contributed by atoms with E-state index in [1.807, 2.05) is 0 Å². The van der Waals surface area contributed by atoms with Gasteiger partial charge in [0.15, 0.2) is 0 Å². The van der Waals surface area contributed by atoms with Gasteiger partial charge in [-0.05, 0) is 31.7 Å². The zero-order valence-electron chi connectivity index (χ0n) is 13.9. The first-order valence-electron chi connectivity index (χ1n) is 8.14. The van der Waals surface area contributed by atoms with Gasteiger partial charge in [0, 0.05) is 43.8 Å². The zero-order chi connectivity index (χ0) is 17.1. The molecule has 0 spiro atoms. The van der Waals surface area contributed by atoms with Crippen LogP contribution in [0.2, 0.25) is 0 Å². The number of nitrogens with zero attached hydrogens (tertiary/aromatic N) is 3. The number of rotatable bonds is 3. The van der Waals surface area contributed by atoms with E-state index in [4.69, 9.17) is 0 Å². The van der Waals surface area contributed by atoms with Crippen LogP contribution in [-0.4, -0.2) is 39.7 Å². The number of amides is 2. The molecule has 0 radical (unpaired) electrons. The van der Waals surface area contributed by atoms with Crippen molar-refractivity contribution in [2.75, 3.05) is 12.4 Å². The molecule has 0 unspecified atom stereocenters. The summed E-state index contributed by atoms with van der Waals surface area (Å²) in [4.78, 5) is 31.9. The number of aryl methyl sites for hydroxylation is 1. The second kappa shape index (κ2) is 6.86. The molecule has 3 rings (SSSR count). The molecule has 0 atom stereocenters. The van der Waals surface area contributed by atoms with Crippen LogP contribution in [0.1, 0.15) is 25.7 Å². The Labute approximate surface area is 139 Å². The molecule has 0 aromatic carbocycles. The molecule has 1 fully saturated rings. The minimum Gasteiger partial charge on any atom is -0.351 e. The molecule has 0 aliphatic heterocycles. The number of anilines is 1. The van der Waals surface area contributed by atoms with Gasteiger partial charge in [0.2, 0.25) is 5.95 Å². The van der Waals surface area contributed by atoms with Crippen LogP contribution in [0, 0.1) is 0 Å². The molecule has 1 aliphatic rings. The number of carbonyl (C=O) groups excluding carboxylic acids is 1. The van der Waals surface area contributed by atoms with Crippen LogP contribution in [0.15, 0.2) is 23.1 Å². The summed E-state index contributed by atoms with van der Waals surface area (Å²) < 4.78 is 1.52.